The minimum Gasteiger partial charge on any atom is -0.466 e. The third kappa shape index (κ3) is 27.1. The molecule has 0 aromatic rings. The van der Waals surface area contributed by atoms with Crippen molar-refractivity contribution in [2.45, 2.75) is 141 Å². The summed E-state index contributed by atoms with van der Waals surface area (Å²) < 4.78 is 10.6. The summed E-state index contributed by atoms with van der Waals surface area (Å²) >= 11 is 0. The Hall–Kier alpha value is -1.14. The van der Waals surface area contributed by atoms with Gasteiger partial charge in [-0.3, -0.25) is 9.59 Å². The molecule has 0 saturated heterocycles. The fourth-order valence-corrected chi connectivity index (χ4v) is 3.96. The number of ether oxygens (including phenoxy) is 2. The molecule has 0 bridgehead atoms. The Morgan fingerprint density at radius 3 is 0.971 bits per heavy atom. The number of aliphatic hydroxyl groups is 2. The highest BCUT2D eigenvalue weighted by Gasteiger charge is 2.04. The molecule has 0 unspecified atom stereocenters. The highest BCUT2D eigenvalue weighted by molar-refractivity contribution is 5.69. The first-order chi connectivity index (χ1) is 16.7. The van der Waals surface area contributed by atoms with Gasteiger partial charge in [0.25, 0.3) is 0 Å². The minimum absolute atomic E-state index is 0.0646. The molecule has 6 heteroatoms. The number of aliphatic hydroxyl groups excluding tert-OH is 2. The van der Waals surface area contributed by atoms with Crippen molar-refractivity contribution in [2.24, 2.45) is 0 Å². The third-order valence-corrected chi connectivity index (χ3v) is 6.14. The quantitative estimate of drug-likeness (QED) is 0.0998. The second-order valence-electron chi connectivity index (χ2n) is 9.46. The van der Waals surface area contributed by atoms with Crippen LogP contribution in [0.1, 0.15) is 141 Å². The number of hydrogen-bond donors (Lipinski definition) is 2. The van der Waals surface area contributed by atoms with Crippen molar-refractivity contribution in [1.29, 1.82) is 0 Å². The standard InChI is InChI=1S/C28H54O6/c29-23-17-11-5-7-13-19-25-33-27(31)21-15-9-3-1-2-4-10-16-22-28(32)34-26-20-14-8-6-12-18-24-30/h29-30H,1-26H2. The Balaban J connectivity index is 3.23. The van der Waals surface area contributed by atoms with Crippen molar-refractivity contribution in [3.63, 3.8) is 0 Å². The molecule has 2 N–H and O–H groups in total. The van der Waals surface area contributed by atoms with Gasteiger partial charge in [-0.15, -0.1) is 0 Å². The van der Waals surface area contributed by atoms with Crippen molar-refractivity contribution < 1.29 is 29.3 Å². The maximum Gasteiger partial charge on any atom is 0.305 e. The maximum absolute atomic E-state index is 11.7. The second kappa shape index (κ2) is 28.1. The summed E-state index contributed by atoms with van der Waals surface area (Å²) in [5.41, 5.74) is 0. The number of carbonyl (C=O) groups excluding carboxylic acids is 2. The van der Waals surface area contributed by atoms with Gasteiger partial charge in [0.05, 0.1) is 13.2 Å². The molecule has 0 aliphatic heterocycles. The van der Waals surface area contributed by atoms with Crippen molar-refractivity contribution >= 4 is 11.9 Å². The van der Waals surface area contributed by atoms with Crippen LogP contribution >= 0.6 is 0 Å². The van der Waals surface area contributed by atoms with E-state index < -0.39 is 0 Å². The molecule has 0 aliphatic carbocycles. The average molecular weight is 487 g/mol. The first-order valence-electron chi connectivity index (χ1n) is 14.2. The van der Waals surface area contributed by atoms with Crippen LogP contribution in [0.2, 0.25) is 0 Å². The van der Waals surface area contributed by atoms with Crippen LogP contribution < -0.4 is 0 Å². The van der Waals surface area contributed by atoms with Crippen molar-refractivity contribution in [2.75, 3.05) is 26.4 Å². The van der Waals surface area contributed by atoms with Gasteiger partial charge >= 0.3 is 11.9 Å². The van der Waals surface area contributed by atoms with Crippen molar-refractivity contribution in [3.8, 4) is 0 Å². The van der Waals surface area contributed by atoms with Gasteiger partial charge < -0.3 is 19.7 Å². The highest BCUT2D eigenvalue weighted by Crippen LogP contribution is 2.12. The Bertz CT molecular complexity index is 401. The number of hydrogen-bond acceptors (Lipinski definition) is 6. The number of rotatable bonds is 27. The molecule has 0 aliphatic rings. The van der Waals surface area contributed by atoms with Gasteiger partial charge in [-0.25, -0.2) is 0 Å². The van der Waals surface area contributed by atoms with E-state index in [1.165, 1.54) is 12.8 Å². The number of carbonyl (C=O) groups is 2. The Kier molecular flexibility index (Phi) is 27.2. The Morgan fingerprint density at radius 1 is 0.382 bits per heavy atom. The molecule has 0 heterocycles. The molecule has 0 aromatic heterocycles. The summed E-state index contributed by atoms with van der Waals surface area (Å²) in [5, 5.41) is 17.5. The average Bonchev–Trinajstić information content (AvgIpc) is 2.83. The molecule has 0 rings (SSSR count). The Morgan fingerprint density at radius 2 is 0.647 bits per heavy atom. The molecule has 0 amide bonds. The monoisotopic (exact) mass is 486 g/mol. The van der Waals surface area contributed by atoms with Gasteiger partial charge in [-0.05, 0) is 38.5 Å². The van der Waals surface area contributed by atoms with E-state index in [1.54, 1.807) is 0 Å². The molecule has 0 radical (unpaired) electrons. The molecular formula is C28H54O6. The van der Waals surface area contributed by atoms with E-state index in [2.05, 4.69) is 0 Å². The molecular weight excluding hydrogens is 432 g/mol. The van der Waals surface area contributed by atoms with Crippen LogP contribution in [0.25, 0.3) is 0 Å². The van der Waals surface area contributed by atoms with E-state index in [4.69, 9.17) is 19.7 Å². The summed E-state index contributed by atoms with van der Waals surface area (Å²) in [7, 11) is 0. The first kappa shape index (κ1) is 32.9. The number of unbranched alkanes of at least 4 members (excludes halogenated alkanes) is 17. The zero-order chi connectivity index (χ0) is 25.0. The fourth-order valence-electron chi connectivity index (χ4n) is 3.96. The van der Waals surface area contributed by atoms with E-state index in [0.717, 1.165) is 116 Å². The second-order valence-corrected chi connectivity index (χ2v) is 9.46. The summed E-state index contributed by atoms with van der Waals surface area (Å²) in [4.78, 5) is 23.5. The largest absolute Gasteiger partial charge is 0.466 e. The zero-order valence-electron chi connectivity index (χ0n) is 21.9. The van der Waals surface area contributed by atoms with Gasteiger partial charge in [-0.1, -0.05) is 89.9 Å². The van der Waals surface area contributed by atoms with Crippen LogP contribution in [0.4, 0.5) is 0 Å². The molecule has 202 valence electrons. The van der Waals surface area contributed by atoms with Crippen LogP contribution in [0, 0.1) is 0 Å². The predicted octanol–water partition coefficient (Wildman–Crippen LogP) is 6.64. The molecule has 0 spiro atoms. The third-order valence-electron chi connectivity index (χ3n) is 6.14. The molecule has 0 atom stereocenters. The summed E-state index contributed by atoms with van der Waals surface area (Å²) in [6.45, 7) is 1.65. The van der Waals surface area contributed by atoms with E-state index in [9.17, 15) is 9.59 Å². The van der Waals surface area contributed by atoms with Crippen LogP contribution in [0.5, 0.6) is 0 Å². The van der Waals surface area contributed by atoms with Gasteiger partial charge in [0.1, 0.15) is 0 Å². The van der Waals surface area contributed by atoms with Gasteiger partial charge in [0.15, 0.2) is 0 Å². The minimum atomic E-state index is -0.0646. The summed E-state index contributed by atoms with van der Waals surface area (Å²) in [5.74, 6) is -0.129. The lowest BCUT2D eigenvalue weighted by Crippen LogP contribution is -2.05. The number of esters is 2. The summed E-state index contributed by atoms with van der Waals surface area (Å²) in [6.07, 6.45) is 22.3. The molecule has 6 nitrogen and oxygen atoms in total. The first-order valence-corrected chi connectivity index (χ1v) is 14.2. The maximum atomic E-state index is 11.7. The fraction of sp³-hybridized carbons (Fsp3) is 0.929. The van der Waals surface area contributed by atoms with Gasteiger partial charge in [0, 0.05) is 26.1 Å². The van der Waals surface area contributed by atoms with Crippen LogP contribution in [-0.4, -0.2) is 48.6 Å². The predicted molar refractivity (Wildman–Crippen MR) is 138 cm³/mol. The summed E-state index contributed by atoms with van der Waals surface area (Å²) in [6, 6.07) is 0. The lowest BCUT2D eigenvalue weighted by molar-refractivity contribution is -0.144. The zero-order valence-corrected chi connectivity index (χ0v) is 21.9. The van der Waals surface area contributed by atoms with Gasteiger partial charge in [-0.2, -0.15) is 0 Å². The van der Waals surface area contributed by atoms with Gasteiger partial charge in [0.2, 0.25) is 0 Å². The van der Waals surface area contributed by atoms with Crippen LogP contribution in [0.3, 0.4) is 0 Å². The topological polar surface area (TPSA) is 93.1 Å². The van der Waals surface area contributed by atoms with Crippen LogP contribution in [0.15, 0.2) is 0 Å². The lowest BCUT2D eigenvalue weighted by atomic mass is 10.1. The normalized spacial score (nSPS) is 11.0. The van der Waals surface area contributed by atoms with E-state index in [0.29, 0.717) is 26.1 Å². The molecule has 0 fully saturated rings. The van der Waals surface area contributed by atoms with E-state index in [1.807, 2.05) is 0 Å². The molecule has 0 aromatic carbocycles. The Labute approximate surface area is 209 Å². The smallest absolute Gasteiger partial charge is 0.305 e. The van der Waals surface area contributed by atoms with E-state index >= 15 is 0 Å². The molecule has 0 saturated carbocycles. The van der Waals surface area contributed by atoms with Crippen LogP contribution in [-0.2, 0) is 19.1 Å². The SMILES string of the molecule is O=C(CCCCCCCCCCC(=O)OCCCCCCCCO)OCCCCCCCCO. The lowest BCUT2D eigenvalue weighted by Gasteiger charge is -2.06. The van der Waals surface area contributed by atoms with E-state index in [-0.39, 0.29) is 25.2 Å². The van der Waals surface area contributed by atoms with Crippen molar-refractivity contribution in [3.05, 3.63) is 0 Å². The molecule has 34 heavy (non-hydrogen) atoms. The van der Waals surface area contributed by atoms with Crippen molar-refractivity contribution in [1.82, 2.24) is 0 Å². The highest BCUT2D eigenvalue weighted by atomic mass is 16.5.